The predicted octanol–water partition coefficient (Wildman–Crippen LogP) is 0.466. The van der Waals surface area contributed by atoms with Crippen LogP contribution in [0.3, 0.4) is 0 Å². The van der Waals surface area contributed by atoms with Crippen LogP contribution in [0.25, 0.3) is 0 Å². The molecule has 0 spiro atoms. The molecule has 1 heterocycles. The van der Waals surface area contributed by atoms with Gasteiger partial charge in [-0.3, -0.25) is 9.59 Å². The van der Waals surface area contributed by atoms with Crippen molar-refractivity contribution >= 4 is 11.9 Å². The fraction of sp³-hybridized carbons (Fsp3) is 0.778. The summed E-state index contributed by atoms with van der Waals surface area (Å²) in [5.41, 5.74) is 0. The Morgan fingerprint density at radius 3 is 3.08 bits per heavy atom. The number of ether oxygens (including phenoxy) is 1. The van der Waals surface area contributed by atoms with Gasteiger partial charge < -0.3 is 10.1 Å². The summed E-state index contributed by atoms with van der Waals surface area (Å²) < 4.78 is 4.90. The van der Waals surface area contributed by atoms with E-state index in [4.69, 9.17) is 4.74 Å². The molecule has 0 aromatic heterocycles. The Morgan fingerprint density at radius 1 is 1.69 bits per heavy atom. The van der Waals surface area contributed by atoms with Crippen LogP contribution in [0, 0.1) is 5.92 Å². The second kappa shape index (κ2) is 4.84. The standard InChI is InChI=1S/C9H15NO3/c1-2-6-13-9(12)7-4-3-5-10-8(7)11/h7H,2-6H2,1H3,(H,10,11). The van der Waals surface area contributed by atoms with E-state index in [0.717, 1.165) is 12.8 Å². The van der Waals surface area contributed by atoms with Gasteiger partial charge in [-0.25, -0.2) is 0 Å². The largest absolute Gasteiger partial charge is 0.465 e. The highest BCUT2D eigenvalue weighted by Gasteiger charge is 2.29. The van der Waals surface area contributed by atoms with E-state index < -0.39 is 5.92 Å². The van der Waals surface area contributed by atoms with Crippen LogP contribution in [0.5, 0.6) is 0 Å². The number of hydrogen-bond acceptors (Lipinski definition) is 3. The molecule has 0 radical (unpaired) electrons. The highest BCUT2D eigenvalue weighted by Crippen LogP contribution is 2.12. The van der Waals surface area contributed by atoms with Crippen LogP contribution < -0.4 is 5.32 Å². The topological polar surface area (TPSA) is 55.4 Å². The summed E-state index contributed by atoms with van der Waals surface area (Å²) in [6.07, 6.45) is 2.27. The normalized spacial score (nSPS) is 22.2. The molecule has 0 aromatic rings. The Morgan fingerprint density at radius 2 is 2.46 bits per heavy atom. The van der Waals surface area contributed by atoms with Gasteiger partial charge in [-0.15, -0.1) is 0 Å². The van der Waals surface area contributed by atoms with Gasteiger partial charge in [-0.2, -0.15) is 0 Å². The summed E-state index contributed by atoms with van der Waals surface area (Å²) in [7, 11) is 0. The molecule has 1 aliphatic rings. The smallest absolute Gasteiger partial charge is 0.318 e. The number of amides is 1. The zero-order chi connectivity index (χ0) is 9.68. The summed E-state index contributed by atoms with van der Waals surface area (Å²) in [4.78, 5) is 22.5. The van der Waals surface area contributed by atoms with E-state index in [1.807, 2.05) is 6.92 Å². The molecular formula is C9H15NO3. The molecular weight excluding hydrogens is 170 g/mol. The van der Waals surface area contributed by atoms with Gasteiger partial charge in [-0.05, 0) is 19.3 Å². The molecule has 4 heteroatoms. The van der Waals surface area contributed by atoms with Gasteiger partial charge in [0.2, 0.25) is 5.91 Å². The van der Waals surface area contributed by atoms with E-state index in [2.05, 4.69) is 5.32 Å². The van der Waals surface area contributed by atoms with Crippen molar-refractivity contribution in [2.45, 2.75) is 26.2 Å². The Kier molecular flexibility index (Phi) is 3.73. The average molecular weight is 185 g/mol. The summed E-state index contributed by atoms with van der Waals surface area (Å²) >= 11 is 0. The minimum absolute atomic E-state index is 0.188. The Balaban J connectivity index is 2.39. The van der Waals surface area contributed by atoms with E-state index in [0.29, 0.717) is 19.6 Å². The molecule has 13 heavy (non-hydrogen) atoms. The number of nitrogens with one attached hydrogen (secondary N) is 1. The third-order valence-electron chi connectivity index (χ3n) is 2.02. The number of rotatable bonds is 3. The van der Waals surface area contributed by atoms with Gasteiger partial charge in [0.1, 0.15) is 5.92 Å². The summed E-state index contributed by atoms with van der Waals surface area (Å²) in [5, 5.41) is 2.65. The van der Waals surface area contributed by atoms with Crippen molar-refractivity contribution in [2.24, 2.45) is 5.92 Å². The maximum Gasteiger partial charge on any atom is 0.318 e. The van der Waals surface area contributed by atoms with Crippen molar-refractivity contribution in [1.29, 1.82) is 0 Å². The number of esters is 1. The molecule has 1 N–H and O–H groups in total. The Bertz CT molecular complexity index is 203. The zero-order valence-electron chi connectivity index (χ0n) is 7.84. The highest BCUT2D eigenvalue weighted by atomic mass is 16.5. The Hall–Kier alpha value is -1.06. The second-order valence-electron chi connectivity index (χ2n) is 3.15. The van der Waals surface area contributed by atoms with Gasteiger partial charge in [0.15, 0.2) is 0 Å². The van der Waals surface area contributed by atoms with Crippen molar-refractivity contribution in [3.8, 4) is 0 Å². The van der Waals surface area contributed by atoms with Crippen LogP contribution >= 0.6 is 0 Å². The van der Waals surface area contributed by atoms with Crippen molar-refractivity contribution in [3.05, 3.63) is 0 Å². The molecule has 0 aromatic carbocycles. The first-order chi connectivity index (χ1) is 6.25. The zero-order valence-corrected chi connectivity index (χ0v) is 7.84. The minimum atomic E-state index is -0.569. The molecule has 74 valence electrons. The van der Waals surface area contributed by atoms with E-state index in [1.54, 1.807) is 0 Å². The van der Waals surface area contributed by atoms with E-state index in [1.165, 1.54) is 0 Å². The Labute approximate surface area is 77.6 Å². The first-order valence-electron chi connectivity index (χ1n) is 4.70. The fourth-order valence-electron chi connectivity index (χ4n) is 1.30. The second-order valence-corrected chi connectivity index (χ2v) is 3.15. The van der Waals surface area contributed by atoms with Gasteiger partial charge in [0.05, 0.1) is 6.61 Å². The minimum Gasteiger partial charge on any atom is -0.465 e. The van der Waals surface area contributed by atoms with Crippen LogP contribution in [0.15, 0.2) is 0 Å². The monoisotopic (exact) mass is 185 g/mol. The van der Waals surface area contributed by atoms with Gasteiger partial charge in [0.25, 0.3) is 0 Å². The first-order valence-corrected chi connectivity index (χ1v) is 4.70. The maximum absolute atomic E-state index is 11.3. The van der Waals surface area contributed by atoms with Crippen LogP contribution in [0.4, 0.5) is 0 Å². The van der Waals surface area contributed by atoms with E-state index in [9.17, 15) is 9.59 Å². The van der Waals surface area contributed by atoms with Gasteiger partial charge in [0, 0.05) is 6.54 Å². The molecule has 1 rings (SSSR count). The van der Waals surface area contributed by atoms with Gasteiger partial charge in [-0.1, -0.05) is 6.92 Å². The molecule has 1 saturated heterocycles. The molecule has 1 unspecified atom stereocenters. The molecule has 1 aliphatic heterocycles. The lowest BCUT2D eigenvalue weighted by atomic mass is 9.99. The van der Waals surface area contributed by atoms with Crippen molar-refractivity contribution in [1.82, 2.24) is 5.32 Å². The summed E-state index contributed by atoms with van der Waals surface area (Å²) in [6.45, 7) is 3.01. The molecule has 0 saturated carbocycles. The van der Waals surface area contributed by atoms with Crippen LogP contribution in [0.2, 0.25) is 0 Å². The number of hydrogen-bond donors (Lipinski definition) is 1. The van der Waals surface area contributed by atoms with Gasteiger partial charge >= 0.3 is 5.97 Å². The summed E-state index contributed by atoms with van der Waals surface area (Å²) in [5.74, 6) is -1.13. The van der Waals surface area contributed by atoms with Crippen molar-refractivity contribution < 1.29 is 14.3 Å². The lowest BCUT2D eigenvalue weighted by Crippen LogP contribution is -2.41. The molecule has 0 bridgehead atoms. The summed E-state index contributed by atoms with van der Waals surface area (Å²) in [6, 6.07) is 0. The molecule has 0 aliphatic carbocycles. The van der Waals surface area contributed by atoms with Crippen LogP contribution in [-0.2, 0) is 14.3 Å². The molecule has 4 nitrogen and oxygen atoms in total. The lowest BCUT2D eigenvalue weighted by molar-refractivity contribution is -0.153. The predicted molar refractivity (Wildman–Crippen MR) is 47.0 cm³/mol. The SMILES string of the molecule is CCCOC(=O)C1CCCNC1=O. The molecule has 1 atom stereocenters. The third kappa shape index (κ3) is 2.72. The molecule has 1 fully saturated rings. The highest BCUT2D eigenvalue weighted by molar-refractivity contribution is 5.98. The van der Waals surface area contributed by atoms with Crippen LogP contribution in [-0.4, -0.2) is 25.0 Å². The van der Waals surface area contributed by atoms with E-state index >= 15 is 0 Å². The lowest BCUT2D eigenvalue weighted by Gasteiger charge is -2.19. The third-order valence-corrected chi connectivity index (χ3v) is 2.02. The van der Waals surface area contributed by atoms with Crippen LogP contribution in [0.1, 0.15) is 26.2 Å². The number of piperidine rings is 1. The quantitative estimate of drug-likeness (QED) is 0.513. The first kappa shape index (κ1) is 10.0. The maximum atomic E-state index is 11.3. The van der Waals surface area contributed by atoms with Crippen molar-refractivity contribution in [2.75, 3.05) is 13.2 Å². The molecule has 1 amide bonds. The average Bonchev–Trinajstić information content (AvgIpc) is 2.15. The number of carbonyl (C=O) groups excluding carboxylic acids is 2. The number of carbonyl (C=O) groups is 2. The van der Waals surface area contributed by atoms with E-state index in [-0.39, 0.29) is 11.9 Å². The van der Waals surface area contributed by atoms with Crippen molar-refractivity contribution in [3.63, 3.8) is 0 Å². The fourth-order valence-corrected chi connectivity index (χ4v) is 1.30.